The van der Waals surface area contributed by atoms with E-state index >= 15 is 0 Å². The largest absolute Gasteiger partial charge is 1.00 e. The van der Waals surface area contributed by atoms with Gasteiger partial charge in [0.05, 0.1) is 29.2 Å². The zero-order valence-electron chi connectivity index (χ0n) is 16.1. The Morgan fingerprint density at radius 3 is 1.60 bits per heavy atom. The van der Waals surface area contributed by atoms with Gasteiger partial charge in [-0.2, -0.15) is 8.42 Å². The van der Waals surface area contributed by atoms with Crippen molar-refractivity contribution in [3.05, 3.63) is 29.3 Å². The Labute approximate surface area is 208 Å². The van der Waals surface area contributed by atoms with E-state index in [2.05, 4.69) is 0 Å². The van der Waals surface area contributed by atoms with E-state index in [0.29, 0.717) is 0 Å². The summed E-state index contributed by atoms with van der Waals surface area (Å²) in [5.74, 6) is -1.39. The van der Waals surface area contributed by atoms with Gasteiger partial charge in [0.15, 0.2) is 0 Å². The number of esters is 2. The van der Waals surface area contributed by atoms with E-state index < -0.39 is 27.0 Å². The van der Waals surface area contributed by atoms with Gasteiger partial charge < -0.3 is 10.9 Å². The fraction of sp³-hybridized carbons (Fsp3) is 0.500. The van der Waals surface area contributed by atoms with Crippen molar-refractivity contribution < 1.29 is 102 Å². The van der Waals surface area contributed by atoms with Crippen molar-refractivity contribution >= 4 is 22.1 Å². The molecule has 1 aromatic rings. The Morgan fingerprint density at radius 1 is 0.960 bits per heavy atom. The van der Waals surface area contributed by atoms with Crippen LogP contribution in [-0.2, 0) is 19.6 Å². The Kier molecular flexibility index (Phi) is 11.1. The molecule has 0 atom stereocenters. The molecule has 0 spiro atoms. The third kappa shape index (κ3) is 9.05. The normalized spacial score (nSPS) is 11.2. The molecular formula is C16H23CsO7S. The number of benzene rings is 1. The van der Waals surface area contributed by atoms with E-state index in [4.69, 9.17) is 9.47 Å². The molecule has 0 saturated heterocycles. The average molecular weight is 492 g/mol. The summed E-state index contributed by atoms with van der Waals surface area (Å²) < 4.78 is 42.0. The van der Waals surface area contributed by atoms with E-state index in [0.717, 1.165) is 12.1 Å². The number of hydrogen-bond donors (Lipinski definition) is 1. The number of carbonyl (C=O) groups excluding carboxylic acids is 2. The average Bonchev–Trinajstić information content (AvgIpc) is 2.48. The summed E-state index contributed by atoms with van der Waals surface area (Å²) in [7, 11) is -4.59. The molecule has 0 saturated carbocycles. The molecule has 0 aliphatic rings. The van der Waals surface area contributed by atoms with E-state index in [1.807, 2.05) is 27.7 Å². The monoisotopic (exact) mass is 492 g/mol. The standard InChI is InChI=1S/C16H22O7S.Cs.H/c1-10(2)8-22-15(17)12-5-13(16(18)23-9-11(3)4)7-14(6-12)24(19,20)21;;/h5-7,10-11H,8-9H2,1-4H3,(H,19,20,21);;/q;+1;-1. The van der Waals surface area contributed by atoms with E-state index in [9.17, 15) is 22.6 Å². The van der Waals surface area contributed by atoms with Gasteiger partial charge >= 0.3 is 80.8 Å². The van der Waals surface area contributed by atoms with Crippen LogP contribution in [0.1, 0.15) is 49.8 Å². The molecule has 0 radical (unpaired) electrons. The molecule has 0 aliphatic carbocycles. The van der Waals surface area contributed by atoms with E-state index in [-0.39, 0.29) is 106 Å². The molecule has 0 unspecified atom stereocenters. The van der Waals surface area contributed by atoms with Crippen molar-refractivity contribution in [2.24, 2.45) is 11.8 Å². The molecule has 0 heterocycles. The van der Waals surface area contributed by atoms with Crippen molar-refractivity contribution in [2.75, 3.05) is 13.2 Å². The van der Waals surface area contributed by atoms with Crippen LogP contribution in [0.2, 0.25) is 0 Å². The molecule has 7 nitrogen and oxygen atoms in total. The topological polar surface area (TPSA) is 107 Å². The van der Waals surface area contributed by atoms with Crippen LogP contribution in [0.3, 0.4) is 0 Å². The van der Waals surface area contributed by atoms with Gasteiger partial charge in [-0.15, -0.1) is 0 Å². The molecule has 0 amide bonds. The van der Waals surface area contributed by atoms with Crippen molar-refractivity contribution in [1.82, 2.24) is 0 Å². The minimum Gasteiger partial charge on any atom is -1.00 e. The maximum atomic E-state index is 12.0. The van der Waals surface area contributed by atoms with Crippen LogP contribution in [0.15, 0.2) is 23.1 Å². The van der Waals surface area contributed by atoms with Crippen molar-refractivity contribution in [1.29, 1.82) is 0 Å². The minimum atomic E-state index is -4.59. The number of rotatable bonds is 7. The van der Waals surface area contributed by atoms with Gasteiger partial charge in [0.1, 0.15) is 0 Å². The van der Waals surface area contributed by atoms with Crippen LogP contribution < -0.4 is 68.9 Å². The summed E-state index contributed by atoms with van der Waals surface area (Å²) in [4.78, 5) is 23.5. The molecule has 9 heteroatoms. The van der Waals surface area contributed by atoms with Crippen LogP contribution in [0.4, 0.5) is 0 Å². The zero-order valence-corrected chi connectivity index (χ0v) is 22.2. The van der Waals surface area contributed by atoms with Gasteiger partial charge in [-0.3, -0.25) is 4.55 Å². The second-order valence-corrected chi connectivity index (χ2v) is 7.63. The molecule has 25 heavy (non-hydrogen) atoms. The molecule has 1 aromatic carbocycles. The van der Waals surface area contributed by atoms with Crippen LogP contribution in [-0.4, -0.2) is 38.1 Å². The number of ether oxygens (including phenoxy) is 2. The molecular weight excluding hydrogens is 469 g/mol. The minimum absolute atomic E-state index is 0. The first-order chi connectivity index (χ1) is 11.0. The summed E-state index contributed by atoms with van der Waals surface area (Å²) in [6, 6.07) is 3.09. The Bertz CT molecular complexity index is 675. The third-order valence-corrected chi connectivity index (χ3v) is 3.60. The predicted molar refractivity (Wildman–Crippen MR) is 87.6 cm³/mol. The van der Waals surface area contributed by atoms with E-state index in [1.54, 1.807) is 0 Å². The Morgan fingerprint density at radius 2 is 1.32 bits per heavy atom. The zero-order chi connectivity index (χ0) is 18.5. The molecule has 0 bridgehead atoms. The van der Waals surface area contributed by atoms with Crippen molar-refractivity contribution in [3.63, 3.8) is 0 Å². The SMILES string of the molecule is CC(C)COC(=O)c1cc(C(=O)OCC(C)C)cc(S(=O)(=O)O)c1.[Cs+].[H-]. The van der Waals surface area contributed by atoms with Gasteiger partial charge in [-0.05, 0) is 30.0 Å². The quantitative estimate of drug-likeness (QED) is 0.411. The molecule has 0 aliphatic heterocycles. The first-order valence-corrected chi connectivity index (χ1v) is 8.91. The molecule has 1 rings (SSSR count). The summed E-state index contributed by atoms with van der Waals surface area (Å²) in [5.41, 5.74) is -0.301. The van der Waals surface area contributed by atoms with Gasteiger partial charge in [0.2, 0.25) is 0 Å². The predicted octanol–water partition coefficient (Wildman–Crippen LogP) is -0.325. The van der Waals surface area contributed by atoms with Crippen LogP contribution >= 0.6 is 0 Å². The number of hydrogen-bond acceptors (Lipinski definition) is 6. The second kappa shape index (κ2) is 11.1. The van der Waals surface area contributed by atoms with Crippen LogP contribution in [0.25, 0.3) is 0 Å². The Hall–Kier alpha value is 0.122. The fourth-order valence-corrected chi connectivity index (χ4v) is 2.19. The summed E-state index contributed by atoms with van der Waals surface area (Å²) in [6.07, 6.45) is 0. The molecule has 0 fully saturated rings. The maximum Gasteiger partial charge on any atom is 1.00 e. The van der Waals surface area contributed by atoms with E-state index in [1.165, 1.54) is 6.07 Å². The first kappa shape index (κ1) is 25.1. The molecule has 1 N–H and O–H groups in total. The number of carbonyl (C=O) groups is 2. The van der Waals surface area contributed by atoms with Gasteiger partial charge in [-0.25, -0.2) is 9.59 Å². The summed E-state index contributed by atoms with van der Waals surface area (Å²) in [6.45, 7) is 7.66. The molecule has 0 aromatic heterocycles. The second-order valence-electron chi connectivity index (χ2n) is 6.21. The third-order valence-electron chi connectivity index (χ3n) is 2.77. The fourth-order valence-electron chi connectivity index (χ4n) is 1.64. The Balaban J connectivity index is 0. The van der Waals surface area contributed by atoms with Crippen LogP contribution in [0.5, 0.6) is 0 Å². The van der Waals surface area contributed by atoms with Crippen molar-refractivity contribution in [3.8, 4) is 0 Å². The van der Waals surface area contributed by atoms with Gasteiger partial charge in [-0.1, -0.05) is 27.7 Å². The maximum absolute atomic E-state index is 12.0. The van der Waals surface area contributed by atoms with Gasteiger partial charge in [0.25, 0.3) is 10.1 Å². The molecule has 136 valence electrons. The van der Waals surface area contributed by atoms with Crippen molar-refractivity contribution in [2.45, 2.75) is 32.6 Å². The smallest absolute Gasteiger partial charge is 1.00 e. The summed E-state index contributed by atoms with van der Waals surface area (Å²) >= 11 is 0. The first-order valence-electron chi connectivity index (χ1n) is 7.47. The summed E-state index contributed by atoms with van der Waals surface area (Å²) in [5, 5.41) is 0. The van der Waals surface area contributed by atoms with Crippen LogP contribution in [0, 0.1) is 11.8 Å². The van der Waals surface area contributed by atoms with Gasteiger partial charge in [0, 0.05) is 0 Å².